The minimum atomic E-state index is -0.792. The van der Waals surface area contributed by atoms with Crippen molar-refractivity contribution in [2.24, 2.45) is 11.3 Å². The Balaban J connectivity index is 1.91. The molecule has 2 aliphatic heterocycles. The van der Waals surface area contributed by atoms with Gasteiger partial charge in [-0.3, -0.25) is 9.59 Å². The Hall–Kier alpha value is -1.10. The van der Waals surface area contributed by atoms with Crippen LogP contribution in [0.1, 0.15) is 19.8 Å². The lowest BCUT2D eigenvalue weighted by Gasteiger charge is -2.43. The third kappa shape index (κ3) is 1.91. The van der Waals surface area contributed by atoms with Gasteiger partial charge in [-0.05, 0) is 25.9 Å². The number of carbonyl (C=O) groups excluding carboxylic acids is 1. The number of nitrogens with zero attached hydrogens (tertiary/aromatic N) is 1. The van der Waals surface area contributed by atoms with E-state index < -0.39 is 5.97 Å². The summed E-state index contributed by atoms with van der Waals surface area (Å²) in [4.78, 5) is 24.5. The van der Waals surface area contributed by atoms with Crippen LogP contribution in [0.2, 0.25) is 0 Å². The third-order valence-electron chi connectivity index (χ3n) is 3.74. The van der Waals surface area contributed by atoms with Gasteiger partial charge in [0.05, 0.1) is 5.92 Å². The van der Waals surface area contributed by atoms with Gasteiger partial charge in [0, 0.05) is 18.5 Å². The number of carboxylic acid groups (broad SMARTS) is 1. The quantitative estimate of drug-likeness (QED) is 0.691. The number of likely N-dealkylation sites (tertiary alicyclic amines) is 1. The molecule has 0 spiro atoms. The first-order valence-electron chi connectivity index (χ1n) is 5.76. The second kappa shape index (κ2) is 4.05. The molecule has 90 valence electrons. The minimum absolute atomic E-state index is 0.131. The van der Waals surface area contributed by atoms with Crippen molar-refractivity contribution in [1.29, 1.82) is 0 Å². The first kappa shape index (κ1) is 11.4. The van der Waals surface area contributed by atoms with Gasteiger partial charge in [0.2, 0.25) is 5.91 Å². The van der Waals surface area contributed by atoms with Crippen LogP contribution < -0.4 is 5.32 Å². The average Bonchev–Trinajstić information content (AvgIpc) is 2.15. The molecular formula is C11H18N2O3. The highest BCUT2D eigenvalue weighted by Gasteiger charge is 2.43. The predicted molar refractivity (Wildman–Crippen MR) is 57.9 cm³/mol. The Bertz CT molecular complexity index is 304. The number of piperidine rings is 1. The molecule has 0 atom stereocenters. The van der Waals surface area contributed by atoms with Crippen molar-refractivity contribution in [3.63, 3.8) is 0 Å². The van der Waals surface area contributed by atoms with Crippen LogP contribution in [0.15, 0.2) is 0 Å². The van der Waals surface area contributed by atoms with Crippen molar-refractivity contribution in [2.45, 2.75) is 19.8 Å². The molecule has 0 unspecified atom stereocenters. The molecule has 2 heterocycles. The summed E-state index contributed by atoms with van der Waals surface area (Å²) in [5.74, 6) is -1.01. The normalized spacial score (nSPS) is 24.9. The van der Waals surface area contributed by atoms with Crippen molar-refractivity contribution in [1.82, 2.24) is 10.2 Å². The standard InChI is InChI=1S/C11H18N2O3/c1-11(2-4-12-5-3-11)10(16)13-6-8(7-13)9(14)15/h8,12H,2-7H2,1H3,(H,14,15). The van der Waals surface area contributed by atoms with E-state index in [9.17, 15) is 9.59 Å². The van der Waals surface area contributed by atoms with E-state index in [0.29, 0.717) is 13.1 Å². The van der Waals surface area contributed by atoms with Crippen LogP contribution in [-0.2, 0) is 9.59 Å². The minimum Gasteiger partial charge on any atom is -0.481 e. The maximum Gasteiger partial charge on any atom is 0.310 e. The summed E-state index contributed by atoms with van der Waals surface area (Å²) in [5, 5.41) is 12.0. The van der Waals surface area contributed by atoms with Gasteiger partial charge in [-0.1, -0.05) is 6.92 Å². The molecule has 2 fully saturated rings. The highest BCUT2D eigenvalue weighted by atomic mass is 16.4. The Morgan fingerprint density at radius 3 is 2.38 bits per heavy atom. The molecule has 2 rings (SSSR count). The summed E-state index contributed by atoms with van der Waals surface area (Å²) in [5.41, 5.74) is -0.283. The van der Waals surface area contributed by atoms with E-state index in [0.717, 1.165) is 25.9 Å². The van der Waals surface area contributed by atoms with Gasteiger partial charge < -0.3 is 15.3 Å². The van der Waals surface area contributed by atoms with Gasteiger partial charge in [0.1, 0.15) is 0 Å². The van der Waals surface area contributed by atoms with Crippen LogP contribution in [-0.4, -0.2) is 48.1 Å². The summed E-state index contributed by atoms with van der Waals surface area (Å²) >= 11 is 0. The average molecular weight is 226 g/mol. The van der Waals surface area contributed by atoms with E-state index in [4.69, 9.17) is 5.11 Å². The molecule has 0 aliphatic carbocycles. The number of amides is 1. The first-order chi connectivity index (χ1) is 7.53. The molecule has 2 aliphatic rings. The van der Waals surface area contributed by atoms with Crippen LogP contribution in [0.5, 0.6) is 0 Å². The molecule has 0 aromatic rings. The lowest BCUT2D eigenvalue weighted by molar-refractivity contribution is -0.158. The summed E-state index contributed by atoms with van der Waals surface area (Å²) < 4.78 is 0. The smallest absolute Gasteiger partial charge is 0.310 e. The molecule has 0 aromatic heterocycles. The molecule has 5 heteroatoms. The second-order valence-corrected chi connectivity index (χ2v) is 5.06. The Labute approximate surface area is 94.8 Å². The van der Waals surface area contributed by atoms with Crippen molar-refractivity contribution in [3.05, 3.63) is 0 Å². The van der Waals surface area contributed by atoms with E-state index in [1.165, 1.54) is 0 Å². The fourth-order valence-electron chi connectivity index (χ4n) is 2.37. The van der Waals surface area contributed by atoms with Gasteiger partial charge in [-0.15, -0.1) is 0 Å². The number of aliphatic carboxylic acids is 1. The fourth-order valence-corrected chi connectivity index (χ4v) is 2.37. The molecule has 5 nitrogen and oxygen atoms in total. The van der Waals surface area contributed by atoms with Crippen LogP contribution >= 0.6 is 0 Å². The summed E-state index contributed by atoms with van der Waals surface area (Å²) in [6.07, 6.45) is 1.69. The largest absolute Gasteiger partial charge is 0.481 e. The van der Waals surface area contributed by atoms with Gasteiger partial charge in [0.25, 0.3) is 0 Å². The summed E-state index contributed by atoms with van der Waals surface area (Å²) in [6.45, 7) is 4.51. The zero-order chi connectivity index (χ0) is 11.8. The van der Waals surface area contributed by atoms with Crippen LogP contribution in [0.3, 0.4) is 0 Å². The predicted octanol–water partition coefficient (Wildman–Crippen LogP) is -0.0809. The molecule has 1 amide bonds. The number of nitrogens with one attached hydrogen (secondary N) is 1. The van der Waals surface area contributed by atoms with Crippen molar-refractivity contribution < 1.29 is 14.7 Å². The number of hydrogen-bond donors (Lipinski definition) is 2. The van der Waals surface area contributed by atoms with Gasteiger partial charge in [-0.2, -0.15) is 0 Å². The van der Waals surface area contributed by atoms with Gasteiger partial charge >= 0.3 is 5.97 Å². The second-order valence-electron chi connectivity index (χ2n) is 5.06. The maximum atomic E-state index is 12.2. The van der Waals surface area contributed by atoms with Crippen LogP contribution in [0.4, 0.5) is 0 Å². The molecule has 0 saturated carbocycles. The number of rotatable bonds is 2. The molecular weight excluding hydrogens is 208 g/mol. The van der Waals surface area contributed by atoms with E-state index >= 15 is 0 Å². The Morgan fingerprint density at radius 2 is 1.88 bits per heavy atom. The highest BCUT2D eigenvalue weighted by molar-refractivity contribution is 5.85. The first-order valence-corrected chi connectivity index (χ1v) is 5.76. The lowest BCUT2D eigenvalue weighted by atomic mass is 9.78. The van der Waals surface area contributed by atoms with E-state index in [-0.39, 0.29) is 17.2 Å². The van der Waals surface area contributed by atoms with E-state index in [1.807, 2.05) is 6.92 Å². The lowest BCUT2D eigenvalue weighted by Crippen LogP contribution is -2.58. The maximum absolute atomic E-state index is 12.2. The topological polar surface area (TPSA) is 69.6 Å². The molecule has 0 bridgehead atoms. The highest BCUT2D eigenvalue weighted by Crippen LogP contribution is 2.33. The molecule has 0 radical (unpaired) electrons. The van der Waals surface area contributed by atoms with Crippen molar-refractivity contribution >= 4 is 11.9 Å². The van der Waals surface area contributed by atoms with Gasteiger partial charge in [0.15, 0.2) is 0 Å². The summed E-state index contributed by atoms with van der Waals surface area (Å²) in [7, 11) is 0. The molecule has 2 saturated heterocycles. The third-order valence-corrected chi connectivity index (χ3v) is 3.74. The Morgan fingerprint density at radius 1 is 1.31 bits per heavy atom. The molecule has 0 aromatic carbocycles. The summed E-state index contributed by atoms with van der Waals surface area (Å²) in [6, 6.07) is 0. The zero-order valence-electron chi connectivity index (χ0n) is 9.53. The number of carboxylic acids is 1. The SMILES string of the molecule is CC1(C(=O)N2CC(C(=O)O)C2)CCNCC1. The van der Waals surface area contributed by atoms with Crippen LogP contribution in [0, 0.1) is 11.3 Å². The fraction of sp³-hybridized carbons (Fsp3) is 0.818. The Kier molecular flexibility index (Phi) is 2.88. The molecule has 2 N–H and O–H groups in total. The van der Waals surface area contributed by atoms with E-state index in [2.05, 4.69) is 5.32 Å². The number of carbonyl (C=O) groups is 2. The monoisotopic (exact) mass is 226 g/mol. The van der Waals surface area contributed by atoms with Crippen LogP contribution in [0.25, 0.3) is 0 Å². The van der Waals surface area contributed by atoms with Crippen molar-refractivity contribution in [2.75, 3.05) is 26.2 Å². The van der Waals surface area contributed by atoms with E-state index in [1.54, 1.807) is 4.90 Å². The molecule has 16 heavy (non-hydrogen) atoms. The number of hydrogen-bond acceptors (Lipinski definition) is 3. The zero-order valence-corrected chi connectivity index (χ0v) is 9.53. The van der Waals surface area contributed by atoms with Crippen molar-refractivity contribution in [3.8, 4) is 0 Å². The van der Waals surface area contributed by atoms with Gasteiger partial charge in [-0.25, -0.2) is 0 Å².